The molecule has 5 aliphatic rings. The van der Waals surface area contributed by atoms with Crippen LogP contribution in [0.4, 0.5) is 14.9 Å². The Bertz CT molecular complexity index is 927. The van der Waals surface area contributed by atoms with E-state index in [4.69, 9.17) is 4.74 Å². The van der Waals surface area contributed by atoms with E-state index in [0.29, 0.717) is 31.9 Å². The summed E-state index contributed by atoms with van der Waals surface area (Å²) in [6.45, 7) is 1.77. The molecule has 1 saturated heterocycles. The predicted octanol–water partition coefficient (Wildman–Crippen LogP) is 2.68. The van der Waals surface area contributed by atoms with Gasteiger partial charge in [0.1, 0.15) is 5.82 Å². The van der Waals surface area contributed by atoms with E-state index < -0.39 is 5.97 Å². The maximum atomic E-state index is 14.0. The lowest BCUT2D eigenvalue weighted by Crippen LogP contribution is -2.61. The van der Waals surface area contributed by atoms with Crippen LogP contribution in [0.15, 0.2) is 24.3 Å². The van der Waals surface area contributed by atoms with Gasteiger partial charge in [-0.05, 0) is 68.4 Å². The smallest absolute Gasteiger partial charge is 0.315 e. The van der Waals surface area contributed by atoms with Gasteiger partial charge in [-0.3, -0.25) is 9.59 Å². The second kappa shape index (κ2) is 10.0. The molecular weight excluding hydrogens is 451 g/mol. The van der Waals surface area contributed by atoms with E-state index >= 15 is 0 Å². The molecule has 4 bridgehead atoms. The fourth-order valence-electron chi connectivity index (χ4n) is 7.04. The predicted molar refractivity (Wildman–Crippen MR) is 128 cm³/mol. The van der Waals surface area contributed by atoms with Crippen LogP contribution in [0.25, 0.3) is 0 Å². The third kappa shape index (κ3) is 5.54. The summed E-state index contributed by atoms with van der Waals surface area (Å²) in [5.74, 6) is 1.18. The number of urea groups is 1. The molecule has 9 heteroatoms. The number of piperazine rings is 1. The summed E-state index contributed by atoms with van der Waals surface area (Å²) in [6, 6.07) is 6.37. The van der Waals surface area contributed by atoms with Gasteiger partial charge in [0.2, 0.25) is 0 Å². The Morgan fingerprint density at radius 3 is 2.23 bits per heavy atom. The summed E-state index contributed by atoms with van der Waals surface area (Å²) < 4.78 is 19.1. The molecule has 35 heavy (non-hydrogen) atoms. The van der Waals surface area contributed by atoms with Crippen LogP contribution in [0, 0.1) is 23.6 Å². The average Bonchev–Trinajstić information content (AvgIpc) is 2.82. The van der Waals surface area contributed by atoms with Crippen molar-refractivity contribution in [1.82, 2.24) is 15.5 Å². The van der Waals surface area contributed by atoms with E-state index in [9.17, 15) is 18.8 Å². The van der Waals surface area contributed by atoms with Gasteiger partial charge in [-0.1, -0.05) is 12.1 Å². The highest BCUT2D eigenvalue weighted by atomic mass is 19.1. The van der Waals surface area contributed by atoms with E-state index in [1.165, 1.54) is 25.3 Å². The Labute approximate surface area is 205 Å². The maximum absolute atomic E-state index is 14.0. The van der Waals surface area contributed by atoms with Crippen molar-refractivity contribution in [2.24, 2.45) is 17.8 Å². The molecular formula is C26H35FN4O4. The van der Waals surface area contributed by atoms with Crippen molar-refractivity contribution in [1.29, 1.82) is 0 Å². The zero-order valence-electron chi connectivity index (χ0n) is 20.1. The molecule has 0 spiro atoms. The second-order valence-corrected chi connectivity index (χ2v) is 10.8. The number of hydrogen-bond donors (Lipinski definition) is 2. The summed E-state index contributed by atoms with van der Waals surface area (Å²) in [7, 11) is 0. The molecule has 1 heterocycles. The Hall–Kier alpha value is -2.84. The van der Waals surface area contributed by atoms with Crippen molar-refractivity contribution in [3.63, 3.8) is 0 Å². The first-order chi connectivity index (χ1) is 16.9. The molecule has 6 rings (SSSR count). The lowest BCUT2D eigenvalue weighted by atomic mass is 9.53. The number of carbonyl (C=O) groups is 3. The Morgan fingerprint density at radius 1 is 0.971 bits per heavy atom. The van der Waals surface area contributed by atoms with Crippen LogP contribution in [0.2, 0.25) is 0 Å². The van der Waals surface area contributed by atoms with Crippen molar-refractivity contribution in [3.8, 4) is 0 Å². The van der Waals surface area contributed by atoms with Gasteiger partial charge in [0.05, 0.1) is 12.1 Å². The molecule has 1 aromatic carbocycles. The Morgan fingerprint density at radius 2 is 1.60 bits per heavy atom. The Kier molecular flexibility index (Phi) is 6.84. The third-order valence-corrected chi connectivity index (χ3v) is 8.21. The van der Waals surface area contributed by atoms with Gasteiger partial charge in [0.15, 0.2) is 6.61 Å². The average molecular weight is 487 g/mol. The number of nitrogens with one attached hydrogen (secondary N) is 2. The summed E-state index contributed by atoms with van der Waals surface area (Å²) in [6.07, 6.45) is 7.18. The third-order valence-electron chi connectivity index (χ3n) is 8.21. The van der Waals surface area contributed by atoms with Crippen LogP contribution in [0.1, 0.15) is 44.9 Å². The van der Waals surface area contributed by atoms with E-state index in [0.717, 1.165) is 37.0 Å². The van der Waals surface area contributed by atoms with Crippen molar-refractivity contribution < 1.29 is 23.5 Å². The van der Waals surface area contributed by atoms with Crippen LogP contribution in [-0.2, 0) is 14.3 Å². The zero-order valence-corrected chi connectivity index (χ0v) is 20.1. The van der Waals surface area contributed by atoms with Crippen molar-refractivity contribution in [2.75, 3.05) is 44.2 Å². The molecule has 8 nitrogen and oxygen atoms in total. The van der Waals surface area contributed by atoms with E-state index in [1.807, 2.05) is 4.90 Å². The molecule has 0 atom stereocenters. The number of esters is 1. The largest absolute Gasteiger partial charge is 0.456 e. The summed E-state index contributed by atoms with van der Waals surface area (Å²) in [5, 5.41) is 6.00. The SMILES string of the molecule is O=C(NCCC(=O)OCC(=O)N1CCN(c2ccccc2F)CC1)NC12CC3CC(CC(C3)C1)C2. The zero-order chi connectivity index (χ0) is 24.4. The number of carbonyl (C=O) groups excluding carboxylic acids is 3. The van der Waals surface area contributed by atoms with Gasteiger partial charge >= 0.3 is 12.0 Å². The minimum atomic E-state index is -0.515. The van der Waals surface area contributed by atoms with Crippen LogP contribution in [-0.4, -0.2) is 67.7 Å². The van der Waals surface area contributed by atoms with E-state index in [-0.39, 0.29) is 42.9 Å². The number of rotatable bonds is 7. The van der Waals surface area contributed by atoms with E-state index in [1.54, 1.807) is 23.1 Å². The number of ether oxygens (including phenoxy) is 1. The first-order valence-electron chi connectivity index (χ1n) is 12.9. The second-order valence-electron chi connectivity index (χ2n) is 10.8. The number of halogens is 1. The molecule has 4 saturated carbocycles. The van der Waals surface area contributed by atoms with Gasteiger partial charge in [-0.25, -0.2) is 9.18 Å². The fourth-order valence-corrected chi connectivity index (χ4v) is 7.04. The number of anilines is 1. The monoisotopic (exact) mass is 486 g/mol. The molecule has 0 radical (unpaired) electrons. The lowest BCUT2D eigenvalue weighted by molar-refractivity contribution is -0.152. The van der Waals surface area contributed by atoms with Gasteiger partial charge in [0.25, 0.3) is 5.91 Å². The van der Waals surface area contributed by atoms with Gasteiger partial charge < -0.3 is 25.2 Å². The number of nitrogens with zero attached hydrogens (tertiary/aromatic N) is 2. The molecule has 1 aromatic rings. The molecule has 2 N–H and O–H groups in total. The Balaban J connectivity index is 0.975. The van der Waals surface area contributed by atoms with Crippen molar-refractivity contribution >= 4 is 23.6 Å². The summed E-state index contributed by atoms with van der Waals surface area (Å²) in [5.41, 5.74) is 0.466. The van der Waals surface area contributed by atoms with Crippen LogP contribution in [0.5, 0.6) is 0 Å². The van der Waals surface area contributed by atoms with Crippen molar-refractivity contribution in [2.45, 2.75) is 50.5 Å². The van der Waals surface area contributed by atoms with Crippen molar-refractivity contribution in [3.05, 3.63) is 30.1 Å². The van der Waals surface area contributed by atoms with Gasteiger partial charge in [-0.15, -0.1) is 0 Å². The first kappa shape index (κ1) is 23.9. The minimum Gasteiger partial charge on any atom is -0.456 e. The molecule has 3 amide bonds. The highest BCUT2D eigenvalue weighted by Crippen LogP contribution is 2.55. The first-order valence-corrected chi connectivity index (χ1v) is 12.9. The quantitative estimate of drug-likeness (QED) is 0.579. The highest BCUT2D eigenvalue weighted by Gasteiger charge is 2.51. The molecule has 0 aromatic heterocycles. The maximum Gasteiger partial charge on any atom is 0.315 e. The summed E-state index contributed by atoms with van der Waals surface area (Å²) in [4.78, 5) is 40.5. The van der Waals surface area contributed by atoms with Gasteiger partial charge in [-0.2, -0.15) is 0 Å². The molecule has 1 aliphatic heterocycles. The number of para-hydroxylation sites is 1. The highest BCUT2D eigenvalue weighted by molar-refractivity contribution is 5.81. The minimum absolute atomic E-state index is 0.0165. The molecule has 190 valence electrons. The molecule has 0 unspecified atom stereocenters. The van der Waals surface area contributed by atoms with Crippen LogP contribution in [0.3, 0.4) is 0 Å². The topological polar surface area (TPSA) is 91.0 Å². The number of hydrogen-bond acceptors (Lipinski definition) is 5. The standard InChI is InChI=1S/C26H35FN4O4/c27-21-3-1-2-4-22(21)30-7-9-31(10-8-30)23(32)17-35-24(33)5-6-28-25(34)29-26-14-18-11-19(15-26)13-20(12-18)16-26/h1-4,18-20H,5-17H2,(H2,28,29,34). The van der Waals surface area contributed by atoms with Crippen LogP contribution >= 0.6 is 0 Å². The lowest BCUT2D eigenvalue weighted by Gasteiger charge is -2.56. The number of benzene rings is 1. The summed E-state index contributed by atoms with van der Waals surface area (Å²) >= 11 is 0. The fraction of sp³-hybridized carbons (Fsp3) is 0.654. The normalized spacial score (nSPS) is 29.1. The number of amides is 3. The van der Waals surface area contributed by atoms with Gasteiger partial charge in [0, 0.05) is 38.3 Å². The molecule has 5 fully saturated rings. The molecule has 4 aliphatic carbocycles. The van der Waals surface area contributed by atoms with Crippen LogP contribution < -0.4 is 15.5 Å². The van der Waals surface area contributed by atoms with E-state index in [2.05, 4.69) is 10.6 Å².